The van der Waals surface area contributed by atoms with Gasteiger partial charge < -0.3 is 10.2 Å². The Morgan fingerprint density at radius 3 is 2.94 bits per heavy atom. The van der Waals surface area contributed by atoms with Crippen LogP contribution in [0.25, 0.3) is 0 Å². The third-order valence-electron chi connectivity index (χ3n) is 3.37. The molecule has 0 unspecified atom stereocenters. The van der Waals surface area contributed by atoms with Gasteiger partial charge in [-0.25, -0.2) is 4.98 Å². The average Bonchev–Trinajstić information content (AvgIpc) is 2.42. The van der Waals surface area contributed by atoms with E-state index < -0.39 is 0 Å². The van der Waals surface area contributed by atoms with E-state index in [9.17, 15) is 0 Å². The summed E-state index contributed by atoms with van der Waals surface area (Å²) >= 11 is 0. The Morgan fingerprint density at radius 2 is 2.28 bits per heavy atom. The van der Waals surface area contributed by atoms with Crippen molar-refractivity contribution in [1.29, 1.82) is 5.26 Å². The van der Waals surface area contributed by atoms with E-state index in [4.69, 9.17) is 5.26 Å². The number of rotatable bonds is 4. The highest BCUT2D eigenvalue weighted by atomic mass is 15.1. The van der Waals surface area contributed by atoms with Crippen LogP contribution < -0.4 is 5.32 Å². The van der Waals surface area contributed by atoms with Crippen molar-refractivity contribution in [3.63, 3.8) is 0 Å². The molecule has 4 nitrogen and oxygen atoms in total. The highest BCUT2D eigenvalue weighted by Gasteiger charge is 2.18. The van der Waals surface area contributed by atoms with Gasteiger partial charge in [0.05, 0.1) is 0 Å². The van der Waals surface area contributed by atoms with Gasteiger partial charge >= 0.3 is 0 Å². The maximum atomic E-state index is 8.81. The number of anilines is 1. The second-order valence-corrected chi connectivity index (χ2v) is 4.80. The number of nitriles is 1. The van der Waals surface area contributed by atoms with Crippen LogP contribution in [0.5, 0.6) is 0 Å². The molecule has 4 heteroatoms. The predicted octanol–water partition coefficient (Wildman–Crippen LogP) is 2.24. The van der Waals surface area contributed by atoms with Gasteiger partial charge in [0.1, 0.15) is 11.8 Å². The van der Waals surface area contributed by atoms with E-state index in [1.807, 2.05) is 12.1 Å². The highest BCUT2D eigenvalue weighted by molar-refractivity contribution is 5.46. The van der Waals surface area contributed by atoms with Gasteiger partial charge in [-0.05, 0) is 37.9 Å². The molecule has 2 heterocycles. The maximum Gasteiger partial charge on any atom is 0.142 e. The SMILES string of the molecule is CCCN1CCC(Nc2ccnc(C#N)c2)CC1. The fourth-order valence-corrected chi connectivity index (χ4v) is 2.43. The Labute approximate surface area is 109 Å². The summed E-state index contributed by atoms with van der Waals surface area (Å²) in [5, 5.41) is 12.3. The summed E-state index contributed by atoms with van der Waals surface area (Å²) in [7, 11) is 0. The molecule has 1 saturated heterocycles. The van der Waals surface area contributed by atoms with Crippen LogP contribution in [0.3, 0.4) is 0 Å². The number of nitrogens with one attached hydrogen (secondary N) is 1. The molecule has 1 N–H and O–H groups in total. The predicted molar refractivity (Wildman–Crippen MR) is 72.3 cm³/mol. The molecule has 0 spiro atoms. The molecule has 0 aliphatic carbocycles. The van der Waals surface area contributed by atoms with Crippen molar-refractivity contribution in [3.8, 4) is 6.07 Å². The smallest absolute Gasteiger partial charge is 0.142 e. The van der Waals surface area contributed by atoms with Gasteiger partial charge in [-0.3, -0.25) is 0 Å². The largest absolute Gasteiger partial charge is 0.382 e. The Balaban J connectivity index is 1.86. The van der Waals surface area contributed by atoms with Crippen molar-refractivity contribution in [2.45, 2.75) is 32.2 Å². The van der Waals surface area contributed by atoms with Gasteiger partial charge in [-0.15, -0.1) is 0 Å². The van der Waals surface area contributed by atoms with Crippen LogP contribution in [0.1, 0.15) is 31.9 Å². The summed E-state index contributed by atoms with van der Waals surface area (Å²) < 4.78 is 0. The molecule has 0 aromatic carbocycles. The summed E-state index contributed by atoms with van der Waals surface area (Å²) in [6.07, 6.45) is 5.26. The molecule has 18 heavy (non-hydrogen) atoms. The van der Waals surface area contributed by atoms with Gasteiger partial charge in [0, 0.05) is 31.0 Å². The molecule has 1 aliphatic rings. The van der Waals surface area contributed by atoms with Gasteiger partial charge in [0.2, 0.25) is 0 Å². The first-order valence-electron chi connectivity index (χ1n) is 6.67. The minimum atomic E-state index is 0.475. The molecule has 0 atom stereocenters. The molecule has 1 fully saturated rings. The highest BCUT2D eigenvalue weighted by Crippen LogP contribution is 2.16. The second-order valence-electron chi connectivity index (χ2n) is 4.80. The average molecular weight is 244 g/mol. The molecule has 1 aromatic heterocycles. The quantitative estimate of drug-likeness (QED) is 0.882. The third kappa shape index (κ3) is 3.44. The lowest BCUT2D eigenvalue weighted by Crippen LogP contribution is -2.39. The lowest BCUT2D eigenvalue weighted by atomic mass is 10.0. The minimum absolute atomic E-state index is 0.475. The van der Waals surface area contributed by atoms with E-state index >= 15 is 0 Å². The number of aromatic nitrogens is 1. The van der Waals surface area contributed by atoms with Gasteiger partial charge in [0.25, 0.3) is 0 Å². The fraction of sp³-hybridized carbons (Fsp3) is 0.571. The maximum absolute atomic E-state index is 8.81. The topological polar surface area (TPSA) is 52.0 Å². The Hall–Kier alpha value is -1.60. The van der Waals surface area contributed by atoms with E-state index in [1.165, 1.54) is 38.9 Å². The Kier molecular flexibility index (Phi) is 4.54. The van der Waals surface area contributed by atoms with Crippen molar-refractivity contribution in [2.75, 3.05) is 25.0 Å². The lowest BCUT2D eigenvalue weighted by Gasteiger charge is -2.32. The number of pyridine rings is 1. The molecule has 0 amide bonds. The van der Waals surface area contributed by atoms with Crippen LogP contribution in [0.4, 0.5) is 5.69 Å². The first kappa shape index (κ1) is 12.8. The number of hydrogen-bond acceptors (Lipinski definition) is 4. The molecular formula is C14H20N4. The molecule has 0 saturated carbocycles. The van der Waals surface area contributed by atoms with Gasteiger partial charge in [0.15, 0.2) is 0 Å². The van der Waals surface area contributed by atoms with E-state index in [-0.39, 0.29) is 0 Å². The summed E-state index contributed by atoms with van der Waals surface area (Å²) in [6, 6.07) is 6.34. The van der Waals surface area contributed by atoms with Gasteiger partial charge in [-0.1, -0.05) is 6.92 Å². The monoisotopic (exact) mass is 244 g/mol. The van der Waals surface area contributed by atoms with Crippen molar-refractivity contribution in [2.24, 2.45) is 0 Å². The number of likely N-dealkylation sites (tertiary alicyclic amines) is 1. The van der Waals surface area contributed by atoms with Crippen LogP contribution >= 0.6 is 0 Å². The van der Waals surface area contributed by atoms with Crippen LogP contribution in [-0.4, -0.2) is 35.6 Å². The zero-order chi connectivity index (χ0) is 12.8. The van der Waals surface area contributed by atoms with Gasteiger partial charge in [-0.2, -0.15) is 5.26 Å². The molecule has 1 aromatic rings. The van der Waals surface area contributed by atoms with E-state index in [2.05, 4.69) is 28.2 Å². The van der Waals surface area contributed by atoms with Crippen molar-refractivity contribution in [3.05, 3.63) is 24.0 Å². The summed E-state index contributed by atoms with van der Waals surface area (Å²) in [6.45, 7) is 5.77. The number of hydrogen-bond donors (Lipinski definition) is 1. The van der Waals surface area contributed by atoms with Crippen molar-refractivity contribution >= 4 is 5.69 Å². The van der Waals surface area contributed by atoms with Crippen LogP contribution in [0.2, 0.25) is 0 Å². The summed E-state index contributed by atoms with van der Waals surface area (Å²) in [5.41, 5.74) is 1.49. The molecule has 96 valence electrons. The molecule has 0 radical (unpaired) electrons. The molecule has 0 bridgehead atoms. The normalized spacial score (nSPS) is 17.3. The van der Waals surface area contributed by atoms with Crippen molar-refractivity contribution in [1.82, 2.24) is 9.88 Å². The van der Waals surface area contributed by atoms with E-state index in [0.717, 1.165) is 5.69 Å². The Bertz CT molecular complexity index is 416. The lowest BCUT2D eigenvalue weighted by molar-refractivity contribution is 0.219. The van der Waals surface area contributed by atoms with Crippen LogP contribution in [-0.2, 0) is 0 Å². The van der Waals surface area contributed by atoms with Crippen molar-refractivity contribution < 1.29 is 0 Å². The first-order chi connectivity index (χ1) is 8.81. The molecule has 1 aliphatic heterocycles. The fourth-order valence-electron chi connectivity index (χ4n) is 2.43. The standard InChI is InChI=1S/C14H20N4/c1-2-7-18-8-4-12(5-9-18)17-13-3-6-16-14(10-13)11-15/h3,6,10,12H,2,4-5,7-9H2,1H3,(H,16,17). The number of piperidine rings is 1. The summed E-state index contributed by atoms with van der Waals surface area (Å²) in [5.74, 6) is 0. The minimum Gasteiger partial charge on any atom is -0.382 e. The van der Waals surface area contributed by atoms with E-state index in [1.54, 1.807) is 6.20 Å². The van der Waals surface area contributed by atoms with E-state index in [0.29, 0.717) is 11.7 Å². The molecular weight excluding hydrogens is 224 g/mol. The number of nitrogens with zero attached hydrogens (tertiary/aromatic N) is 3. The Morgan fingerprint density at radius 1 is 1.50 bits per heavy atom. The molecule has 2 rings (SSSR count). The third-order valence-corrected chi connectivity index (χ3v) is 3.37. The van der Waals surface area contributed by atoms with Crippen LogP contribution in [0, 0.1) is 11.3 Å². The van der Waals surface area contributed by atoms with Crippen LogP contribution in [0.15, 0.2) is 18.3 Å². The summed E-state index contributed by atoms with van der Waals surface area (Å²) in [4.78, 5) is 6.50. The second kappa shape index (κ2) is 6.36. The zero-order valence-electron chi connectivity index (χ0n) is 10.9. The first-order valence-corrected chi connectivity index (χ1v) is 6.67. The zero-order valence-corrected chi connectivity index (χ0v) is 10.9.